The van der Waals surface area contributed by atoms with Crippen molar-refractivity contribution in [2.45, 2.75) is 0 Å². The smallest absolute Gasteiger partial charge is 0.205 e. The van der Waals surface area contributed by atoms with E-state index in [-0.39, 0.29) is 21.4 Å². The molecule has 1 nitrogen and oxygen atoms in total. The van der Waals surface area contributed by atoms with E-state index >= 15 is 0 Å². The molecule has 0 N–H and O–H groups in total. The molecule has 88 valence electrons. The van der Waals surface area contributed by atoms with Crippen molar-refractivity contribution >= 4 is 67.9 Å². The standard InChI is InChI=1S/C11H4BrCl3OS/c12-9-2-1-8(17-9)11(16)10-6(14)3-5(13)4-7(10)15/h1-4H. The van der Waals surface area contributed by atoms with E-state index < -0.39 is 0 Å². The summed E-state index contributed by atoms with van der Waals surface area (Å²) < 4.78 is 0.877. The molecule has 17 heavy (non-hydrogen) atoms. The third-order valence-electron chi connectivity index (χ3n) is 2.03. The van der Waals surface area contributed by atoms with Crippen LogP contribution in [0, 0.1) is 0 Å². The zero-order chi connectivity index (χ0) is 12.6. The lowest BCUT2D eigenvalue weighted by Gasteiger charge is -2.05. The number of rotatable bonds is 2. The zero-order valence-corrected chi connectivity index (χ0v) is 12.8. The Kier molecular flexibility index (Phi) is 4.16. The van der Waals surface area contributed by atoms with Gasteiger partial charge in [0.2, 0.25) is 5.78 Å². The summed E-state index contributed by atoms with van der Waals surface area (Å²) in [5.74, 6) is -0.202. The minimum Gasteiger partial charge on any atom is -0.288 e. The number of hydrogen-bond acceptors (Lipinski definition) is 2. The summed E-state index contributed by atoms with van der Waals surface area (Å²) in [6.45, 7) is 0. The van der Waals surface area contributed by atoms with Crippen molar-refractivity contribution in [3.8, 4) is 0 Å². The number of ketones is 1. The average Bonchev–Trinajstić information content (AvgIpc) is 2.63. The van der Waals surface area contributed by atoms with Crippen molar-refractivity contribution < 1.29 is 4.79 Å². The zero-order valence-electron chi connectivity index (χ0n) is 8.14. The van der Waals surface area contributed by atoms with Gasteiger partial charge in [0, 0.05) is 5.02 Å². The molecule has 1 aromatic heterocycles. The van der Waals surface area contributed by atoms with E-state index in [0.717, 1.165) is 3.79 Å². The summed E-state index contributed by atoms with van der Waals surface area (Å²) in [5, 5.41) is 0.929. The molecule has 1 aromatic carbocycles. The molecular weight excluding hydrogens is 366 g/mol. The molecule has 0 spiro atoms. The molecule has 0 unspecified atom stereocenters. The molecule has 0 aliphatic rings. The monoisotopic (exact) mass is 368 g/mol. The van der Waals surface area contributed by atoms with E-state index in [9.17, 15) is 4.79 Å². The van der Waals surface area contributed by atoms with Crippen LogP contribution in [0.15, 0.2) is 28.1 Å². The van der Waals surface area contributed by atoms with Gasteiger partial charge in [0.25, 0.3) is 0 Å². The van der Waals surface area contributed by atoms with E-state index in [2.05, 4.69) is 15.9 Å². The Hall–Kier alpha value is -0.0600. The van der Waals surface area contributed by atoms with E-state index in [1.807, 2.05) is 0 Å². The Bertz CT molecular complexity index is 571. The summed E-state index contributed by atoms with van der Waals surface area (Å²) >= 11 is 22.4. The minimum atomic E-state index is -0.202. The van der Waals surface area contributed by atoms with Gasteiger partial charge >= 0.3 is 0 Å². The fourth-order valence-electron chi connectivity index (χ4n) is 1.32. The van der Waals surface area contributed by atoms with Gasteiger partial charge in [0.15, 0.2) is 0 Å². The maximum Gasteiger partial charge on any atom is 0.205 e. The number of carbonyl (C=O) groups is 1. The van der Waals surface area contributed by atoms with Crippen LogP contribution < -0.4 is 0 Å². The van der Waals surface area contributed by atoms with Crippen molar-refractivity contribution in [2.75, 3.05) is 0 Å². The fourth-order valence-corrected chi connectivity index (χ4v) is 3.64. The van der Waals surface area contributed by atoms with Crippen LogP contribution in [0.25, 0.3) is 0 Å². The number of halogens is 4. The molecule has 0 aliphatic heterocycles. The molecular formula is C11H4BrCl3OS. The molecule has 1 heterocycles. The summed E-state index contributed by atoms with van der Waals surface area (Å²) in [5.41, 5.74) is 0.284. The predicted molar refractivity (Wildman–Crippen MR) is 76.9 cm³/mol. The largest absolute Gasteiger partial charge is 0.288 e. The Labute approximate surface area is 125 Å². The summed E-state index contributed by atoms with van der Waals surface area (Å²) in [6.07, 6.45) is 0. The number of thiophene rings is 1. The topological polar surface area (TPSA) is 17.1 Å². The number of carbonyl (C=O) groups excluding carboxylic acids is 1. The molecule has 0 saturated carbocycles. The van der Waals surface area contributed by atoms with Crippen LogP contribution in [0.1, 0.15) is 15.2 Å². The lowest BCUT2D eigenvalue weighted by atomic mass is 10.1. The molecule has 0 radical (unpaired) electrons. The van der Waals surface area contributed by atoms with E-state index in [1.54, 1.807) is 12.1 Å². The second-order valence-corrected chi connectivity index (χ2v) is 6.89. The van der Waals surface area contributed by atoms with Crippen LogP contribution in [0.4, 0.5) is 0 Å². The summed E-state index contributed by atoms with van der Waals surface area (Å²) in [6, 6.07) is 6.53. The van der Waals surface area contributed by atoms with Gasteiger partial charge in [0.1, 0.15) is 0 Å². The highest BCUT2D eigenvalue weighted by atomic mass is 79.9. The van der Waals surface area contributed by atoms with Crippen molar-refractivity contribution in [1.29, 1.82) is 0 Å². The van der Waals surface area contributed by atoms with Crippen molar-refractivity contribution in [1.82, 2.24) is 0 Å². The van der Waals surface area contributed by atoms with E-state index in [1.165, 1.54) is 23.5 Å². The van der Waals surface area contributed by atoms with Crippen LogP contribution >= 0.6 is 62.1 Å². The van der Waals surface area contributed by atoms with Crippen LogP contribution in [0.3, 0.4) is 0 Å². The molecule has 0 atom stereocenters. The lowest BCUT2D eigenvalue weighted by molar-refractivity contribution is 0.104. The second kappa shape index (κ2) is 5.29. The van der Waals surface area contributed by atoms with Gasteiger partial charge in [-0.15, -0.1) is 11.3 Å². The molecule has 2 rings (SSSR count). The maximum atomic E-state index is 12.2. The minimum absolute atomic E-state index is 0.202. The third kappa shape index (κ3) is 2.85. The fraction of sp³-hybridized carbons (Fsp3) is 0. The van der Waals surface area contributed by atoms with Crippen LogP contribution in [-0.2, 0) is 0 Å². The van der Waals surface area contributed by atoms with Crippen LogP contribution in [0.5, 0.6) is 0 Å². The third-order valence-corrected chi connectivity index (χ3v) is 4.47. The van der Waals surface area contributed by atoms with E-state index in [4.69, 9.17) is 34.8 Å². The highest BCUT2D eigenvalue weighted by Gasteiger charge is 2.19. The highest BCUT2D eigenvalue weighted by molar-refractivity contribution is 9.11. The van der Waals surface area contributed by atoms with Gasteiger partial charge < -0.3 is 0 Å². The van der Waals surface area contributed by atoms with Gasteiger partial charge in [-0.25, -0.2) is 0 Å². The molecule has 0 bridgehead atoms. The predicted octanol–water partition coefficient (Wildman–Crippen LogP) is 5.70. The number of hydrogen-bond donors (Lipinski definition) is 0. The summed E-state index contributed by atoms with van der Waals surface area (Å²) in [7, 11) is 0. The first-order chi connectivity index (χ1) is 7.99. The first kappa shape index (κ1) is 13.4. The Morgan fingerprint density at radius 1 is 1.12 bits per heavy atom. The van der Waals surface area contributed by atoms with Gasteiger partial charge in [0.05, 0.1) is 24.3 Å². The average molecular weight is 370 g/mol. The normalized spacial score (nSPS) is 10.6. The Morgan fingerprint density at radius 3 is 2.18 bits per heavy atom. The van der Waals surface area contributed by atoms with Crippen LogP contribution in [0.2, 0.25) is 15.1 Å². The molecule has 0 fully saturated rings. The van der Waals surface area contributed by atoms with Crippen molar-refractivity contribution in [2.24, 2.45) is 0 Å². The van der Waals surface area contributed by atoms with Crippen LogP contribution in [-0.4, -0.2) is 5.78 Å². The first-order valence-electron chi connectivity index (χ1n) is 4.43. The highest BCUT2D eigenvalue weighted by Crippen LogP contribution is 2.33. The van der Waals surface area contributed by atoms with Crippen molar-refractivity contribution in [3.63, 3.8) is 0 Å². The Morgan fingerprint density at radius 2 is 1.71 bits per heavy atom. The van der Waals surface area contributed by atoms with Gasteiger partial charge in [-0.3, -0.25) is 4.79 Å². The van der Waals surface area contributed by atoms with Gasteiger partial charge in [-0.1, -0.05) is 34.8 Å². The maximum absolute atomic E-state index is 12.2. The molecule has 2 aromatic rings. The first-order valence-corrected chi connectivity index (χ1v) is 7.18. The van der Waals surface area contributed by atoms with E-state index in [0.29, 0.717) is 9.90 Å². The SMILES string of the molecule is O=C(c1ccc(Br)s1)c1c(Cl)cc(Cl)cc1Cl. The summed E-state index contributed by atoms with van der Waals surface area (Å²) in [4.78, 5) is 12.8. The van der Waals surface area contributed by atoms with Crippen molar-refractivity contribution in [3.05, 3.63) is 53.6 Å². The molecule has 6 heteroatoms. The number of benzene rings is 1. The molecule has 0 aliphatic carbocycles. The quantitative estimate of drug-likeness (QED) is 0.620. The van der Waals surface area contributed by atoms with Gasteiger partial charge in [-0.2, -0.15) is 0 Å². The second-order valence-electron chi connectivity index (χ2n) is 3.18. The molecule has 0 amide bonds. The lowest BCUT2D eigenvalue weighted by Crippen LogP contribution is -2.00. The Balaban J connectivity index is 2.51. The van der Waals surface area contributed by atoms with Gasteiger partial charge in [-0.05, 0) is 40.2 Å². The molecule has 0 saturated heterocycles.